The molecule has 0 saturated heterocycles. The molecular formula is C20H23O5P. The van der Waals surface area contributed by atoms with Gasteiger partial charge in [-0.25, -0.2) is 4.79 Å². The summed E-state index contributed by atoms with van der Waals surface area (Å²) in [5.74, 6) is -1.73. The number of benzene rings is 2. The Morgan fingerprint density at radius 3 is 2.04 bits per heavy atom. The van der Waals surface area contributed by atoms with Gasteiger partial charge in [0.05, 0.1) is 18.8 Å². The molecule has 0 fully saturated rings. The molecule has 2 rings (SSSR count). The van der Waals surface area contributed by atoms with Crippen LogP contribution >= 0.6 is 7.60 Å². The summed E-state index contributed by atoms with van der Waals surface area (Å²) in [5, 5.41) is 0. The van der Waals surface area contributed by atoms with E-state index in [-0.39, 0.29) is 13.2 Å². The Balaban J connectivity index is 2.29. The van der Waals surface area contributed by atoms with E-state index in [4.69, 9.17) is 13.8 Å². The van der Waals surface area contributed by atoms with E-state index in [1.165, 1.54) is 0 Å². The maximum absolute atomic E-state index is 13.1. The quantitative estimate of drug-likeness (QED) is 0.449. The van der Waals surface area contributed by atoms with Crippen LogP contribution in [0, 0.1) is 0 Å². The summed E-state index contributed by atoms with van der Waals surface area (Å²) < 4.78 is 29.3. The first-order valence-corrected chi connectivity index (χ1v) is 10.1. The van der Waals surface area contributed by atoms with Crippen molar-refractivity contribution in [2.45, 2.75) is 19.7 Å². The summed E-state index contributed by atoms with van der Waals surface area (Å²) in [7, 11) is -3.67. The maximum atomic E-state index is 13.1. The molecule has 0 bridgehead atoms. The number of rotatable bonds is 9. The minimum Gasteiger partial charge on any atom is -0.441 e. The number of hydrogen-bond donors (Lipinski definition) is 0. The van der Waals surface area contributed by atoms with Crippen molar-refractivity contribution in [2.75, 3.05) is 13.2 Å². The average molecular weight is 374 g/mol. The van der Waals surface area contributed by atoms with Crippen LogP contribution in [0.4, 0.5) is 0 Å². The monoisotopic (exact) mass is 374 g/mol. The van der Waals surface area contributed by atoms with Crippen LogP contribution in [0.15, 0.2) is 66.7 Å². The Morgan fingerprint density at radius 1 is 0.962 bits per heavy atom. The van der Waals surface area contributed by atoms with Gasteiger partial charge in [-0.3, -0.25) is 4.57 Å². The number of esters is 1. The molecule has 0 aliphatic rings. The Kier molecular flexibility index (Phi) is 7.79. The fourth-order valence-electron chi connectivity index (χ4n) is 2.26. The zero-order valence-electron chi connectivity index (χ0n) is 14.9. The van der Waals surface area contributed by atoms with Gasteiger partial charge in [-0.2, -0.15) is 0 Å². The van der Waals surface area contributed by atoms with Crippen molar-refractivity contribution in [1.82, 2.24) is 0 Å². The van der Waals surface area contributed by atoms with Gasteiger partial charge in [0.1, 0.15) is 0 Å². The molecular weight excluding hydrogens is 351 g/mol. The highest BCUT2D eigenvalue weighted by atomic mass is 31.2. The van der Waals surface area contributed by atoms with Crippen molar-refractivity contribution >= 4 is 19.6 Å². The second-order valence-corrected chi connectivity index (χ2v) is 7.41. The van der Waals surface area contributed by atoms with Crippen LogP contribution in [0.2, 0.25) is 0 Å². The topological polar surface area (TPSA) is 61.8 Å². The van der Waals surface area contributed by atoms with Crippen LogP contribution in [0.5, 0.6) is 0 Å². The first-order valence-electron chi connectivity index (χ1n) is 8.47. The van der Waals surface area contributed by atoms with E-state index in [2.05, 4.69) is 0 Å². The Bertz CT molecular complexity index is 748. The van der Waals surface area contributed by atoms with Gasteiger partial charge in [0.25, 0.3) is 0 Å². The Morgan fingerprint density at radius 2 is 1.50 bits per heavy atom. The molecule has 0 spiro atoms. The van der Waals surface area contributed by atoms with Crippen LogP contribution < -0.4 is 0 Å². The fourth-order valence-corrected chi connectivity index (χ4v) is 3.87. The minimum atomic E-state index is -3.67. The van der Waals surface area contributed by atoms with Gasteiger partial charge in [0, 0.05) is 0 Å². The van der Waals surface area contributed by atoms with Gasteiger partial charge >= 0.3 is 13.6 Å². The number of ether oxygens (including phenoxy) is 1. The zero-order valence-corrected chi connectivity index (χ0v) is 15.8. The standard InChI is InChI=1S/C20H23O5P/c1-3-23-26(22,24-4-2)19(16-15-17-11-7-5-8-12-17)25-20(21)18-13-9-6-10-14-18/h5-16,19H,3-4H2,1-2H3/b16-15+. The van der Waals surface area contributed by atoms with Crippen molar-refractivity contribution in [3.05, 3.63) is 77.9 Å². The lowest BCUT2D eigenvalue weighted by Gasteiger charge is -2.24. The second-order valence-electron chi connectivity index (χ2n) is 5.31. The summed E-state index contributed by atoms with van der Waals surface area (Å²) in [5.41, 5.74) is 1.25. The van der Waals surface area contributed by atoms with E-state index in [1.54, 1.807) is 56.3 Å². The molecule has 2 aromatic rings. The molecule has 0 heterocycles. The smallest absolute Gasteiger partial charge is 0.374 e. The summed E-state index contributed by atoms with van der Waals surface area (Å²) in [6, 6.07) is 18.0. The molecule has 2 aromatic carbocycles. The SMILES string of the molecule is CCOP(=O)(OCC)C(/C=C/c1ccccc1)OC(=O)c1ccccc1. The molecule has 0 radical (unpaired) electrons. The van der Waals surface area contributed by atoms with Gasteiger partial charge in [-0.15, -0.1) is 0 Å². The zero-order chi connectivity index (χ0) is 18.8. The van der Waals surface area contributed by atoms with Crippen LogP contribution in [0.1, 0.15) is 29.8 Å². The summed E-state index contributed by atoms with van der Waals surface area (Å²) in [6.45, 7) is 3.77. The first kappa shape index (κ1) is 20.1. The molecule has 6 heteroatoms. The predicted octanol–water partition coefficient (Wildman–Crippen LogP) is 5.15. The molecule has 1 unspecified atom stereocenters. The summed E-state index contributed by atoms with van der Waals surface area (Å²) >= 11 is 0. The van der Waals surface area contributed by atoms with Gasteiger partial charge in [-0.05, 0) is 37.6 Å². The molecule has 5 nitrogen and oxygen atoms in total. The van der Waals surface area contributed by atoms with Crippen LogP contribution in [-0.2, 0) is 18.3 Å². The van der Waals surface area contributed by atoms with Crippen molar-refractivity contribution in [3.8, 4) is 0 Å². The normalized spacial score (nSPS) is 12.8. The third-order valence-electron chi connectivity index (χ3n) is 3.42. The largest absolute Gasteiger partial charge is 0.441 e. The van der Waals surface area contributed by atoms with E-state index in [9.17, 15) is 9.36 Å². The van der Waals surface area contributed by atoms with Crippen LogP contribution in [0.25, 0.3) is 6.08 Å². The highest BCUT2D eigenvalue weighted by Crippen LogP contribution is 2.54. The molecule has 0 aliphatic heterocycles. The number of carbonyl (C=O) groups is 1. The summed E-state index contributed by atoms with van der Waals surface area (Å²) in [4.78, 5) is 12.4. The van der Waals surface area contributed by atoms with Crippen LogP contribution in [0.3, 0.4) is 0 Å². The molecule has 26 heavy (non-hydrogen) atoms. The van der Waals surface area contributed by atoms with Gasteiger partial charge < -0.3 is 13.8 Å². The second kappa shape index (κ2) is 10.1. The van der Waals surface area contributed by atoms with Crippen molar-refractivity contribution in [3.63, 3.8) is 0 Å². The van der Waals surface area contributed by atoms with Gasteiger partial charge in [0.2, 0.25) is 5.85 Å². The highest BCUT2D eigenvalue weighted by molar-refractivity contribution is 7.54. The van der Waals surface area contributed by atoms with Crippen molar-refractivity contribution in [2.24, 2.45) is 0 Å². The lowest BCUT2D eigenvalue weighted by atomic mass is 10.2. The van der Waals surface area contributed by atoms with Crippen molar-refractivity contribution < 1.29 is 23.1 Å². The predicted molar refractivity (Wildman–Crippen MR) is 102 cm³/mol. The molecule has 1 atom stereocenters. The fraction of sp³-hybridized carbons (Fsp3) is 0.250. The van der Waals surface area contributed by atoms with Gasteiger partial charge in [-0.1, -0.05) is 54.6 Å². The molecule has 0 amide bonds. The molecule has 0 N–H and O–H groups in total. The van der Waals surface area contributed by atoms with E-state index in [0.717, 1.165) is 5.56 Å². The minimum absolute atomic E-state index is 0.176. The van der Waals surface area contributed by atoms with E-state index >= 15 is 0 Å². The van der Waals surface area contributed by atoms with E-state index < -0.39 is 19.4 Å². The van der Waals surface area contributed by atoms with E-state index in [1.807, 2.05) is 30.3 Å². The van der Waals surface area contributed by atoms with Crippen molar-refractivity contribution in [1.29, 1.82) is 0 Å². The first-order chi connectivity index (χ1) is 12.6. The Labute approximate surface area is 154 Å². The molecule has 138 valence electrons. The third-order valence-corrected chi connectivity index (χ3v) is 5.56. The van der Waals surface area contributed by atoms with Crippen LogP contribution in [-0.4, -0.2) is 25.0 Å². The lowest BCUT2D eigenvalue weighted by molar-refractivity contribution is 0.0441. The maximum Gasteiger partial charge on any atom is 0.374 e. The average Bonchev–Trinajstić information content (AvgIpc) is 2.66. The molecule has 0 saturated carbocycles. The van der Waals surface area contributed by atoms with E-state index in [0.29, 0.717) is 5.56 Å². The Hall–Kier alpha value is -2.20. The molecule has 0 aliphatic carbocycles. The summed E-state index contributed by atoms with van der Waals surface area (Å²) in [6.07, 6.45) is 3.27. The third kappa shape index (κ3) is 5.67. The number of carbonyl (C=O) groups excluding carboxylic acids is 1. The van der Waals surface area contributed by atoms with Gasteiger partial charge in [0.15, 0.2) is 0 Å². The molecule has 0 aromatic heterocycles. The number of hydrogen-bond acceptors (Lipinski definition) is 5. The highest BCUT2D eigenvalue weighted by Gasteiger charge is 2.37. The lowest BCUT2D eigenvalue weighted by Crippen LogP contribution is -2.19.